The van der Waals surface area contributed by atoms with Gasteiger partial charge in [0.2, 0.25) is 10.0 Å². The molecule has 0 amide bonds. The number of benzene rings is 1. The van der Waals surface area contributed by atoms with Crippen molar-refractivity contribution in [1.82, 2.24) is 9.29 Å². The molecule has 110 valence electrons. The van der Waals surface area contributed by atoms with Gasteiger partial charge in [-0.3, -0.25) is 4.98 Å². The fourth-order valence-corrected chi connectivity index (χ4v) is 3.60. The lowest BCUT2D eigenvalue weighted by molar-refractivity contribution is 0.475. The highest BCUT2D eigenvalue weighted by Crippen LogP contribution is 2.28. The van der Waals surface area contributed by atoms with Crippen molar-refractivity contribution in [1.29, 1.82) is 0 Å². The van der Waals surface area contributed by atoms with Crippen molar-refractivity contribution in [3.63, 3.8) is 0 Å². The number of aromatic nitrogens is 1. The van der Waals surface area contributed by atoms with Crippen LogP contribution in [0.4, 0.5) is 5.69 Å². The molecule has 0 spiro atoms. The molecule has 0 saturated heterocycles. The van der Waals surface area contributed by atoms with E-state index < -0.39 is 10.0 Å². The van der Waals surface area contributed by atoms with Crippen LogP contribution in [-0.2, 0) is 10.0 Å². The maximum atomic E-state index is 12.8. The van der Waals surface area contributed by atoms with Gasteiger partial charge in [-0.25, -0.2) is 8.42 Å². The van der Waals surface area contributed by atoms with E-state index in [2.05, 4.69) is 18.1 Å². The number of rotatable bonds is 6. The van der Waals surface area contributed by atoms with Crippen LogP contribution in [0, 0.1) is 0 Å². The molecule has 0 unspecified atom stereocenters. The summed E-state index contributed by atoms with van der Waals surface area (Å²) in [6, 6.07) is 6.54. The average molecular weight is 303 g/mol. The van der Waals surface area contributed by atoms with E-state index in [1.165, 1.54) is 22.5 Å². The molecule has 0 bridgehead atoms. The highest BCUT2D eigenvalue weighted by atomic mass is 32.2. The third-order valence-electron chi connectivity index (χ3n) is 3.05. The molecule has 2 rings (SSSR count). The van der Waals surface area contributed by atoms with E-state index in [-0.39, 0.29) is 18.0 Å². The van der Waals surface area contributed by atoms with Crippen LogP contribution in [0.2, 0.25) is 0 Å². The normalized spacial score (nSPS) is 11.7. The van der Waals surface area contributed by atoms with E-state index in [4.69, 9.17) is 5.73 Å². The zero-order chi connectivity index (χ0) is 15.5. The molecule has 0 aliphatic rings. The first-order chi connectivity index (χ1) is 10.0. The van der Waals surface area contributed by atoms with Crippen molar-refractivity contribution >= 4 is 26.6 Å². The summed E-state index contributed by atoms with van der Waals surface area (Å²) >= 11 is 0. The van der Waals surface area contributed by atoms with Gasteiger partial charge in [-0.15, -0.1) is 13.2 Å². The molecule has 0 radical (unpaired) electrons. The molecule has 0 saturated carbocycles. The Labute approximate surface area is 124 Å². The van der Waals surface area contributed by atoms with Gasteiger partial charge < -0.3 is 5.73 Å². The first kappa shape index (κ1) is 15.2. The SMILES string of the molecule is C=CCN(CC=C)S(=O)(=O)c1ccc(N)c2cccnc12. The van der Waals surface area contributed by atoms with E-state index in [0.717, 1.165) is 0 Å². The Kier molecular flexibility index (Phi) is 4.40. The number of sulfonamides is 1. The summed E-state index contributed by atoms with van der Waals surface area (Å²) in [5, 5.41) is 0.621. The second kappa shape index (κ2) is 6.07. The summed E-state index contributed by atoms with van der Waals surface area (Å²) in [7, 11) is -3.70. The molecule has 0 aliphatic carbocycles. The minimum absolute atomic E-state index is 0.135. The Morgan fingerprint density at radius 2 is 1.86 bits per heavy atom. The van der Waals surface area contributed by atoms with Crippen molar-refractivity contribution in [2.75, 3.05) is 18.8 Å². The molecule has 6 heteroatoms. The van der Waals surface area contributed by atoms with E-state index in [0.29, 0.717) is 16.6 Å². The number of fused-ring (bicyclic) bond motifs is 1. The number of nitrogen functional groups attached to an aromatic ring is 1. The summed E-state index contributed by atoms with van der Waals surface area (Å²) in [5.74, 6) is 0. The standard InChI is InChI=1S/C15H17N3O2S/c1-3-10-18(11-4-2)21(19,20)14-8-7-13(16)12-6-5-9-17-15(12)14/h3-9H,1-2,10-11,16H2. The number of hydrogen-bond acceptors (Lipinski definition) is 4. The highest BCUT2D eigenvalue weighted by molar-refractivity contribution is 7.89. The molecule has 1 heterocycles. The monoisotopic (exact) mass is 303 g/mol. The summed E-state index contributed by atoms with van der Waals surface area (Å²) in [6.07, 6.45) is 4.62. The van der Waals surface area contributed by atoms with Crippen LogP contribution in [0.3, 0.4) is 0 Å². The predicted octanol–water partition coefficient (Wildman–Crippen LogP) is 2.18. The molecular formula is C15H17N3O2S. The topological polar surface area (TPSA) is 76.3 Å². The average Bonchev–Trinajstić information content (AvgIpc) is 2.47. The maximum absolute atomic E-state index is 12.8. The van der Waals surface area contributed by atoms with Gasteiger partial charge in [0.05, 0.1) is 5.52 Å². The van der Waals surface area contributed by atoms with Gasteiger partial charge >= 0.3 is 0 Å². The van der Waals surface area contributed by atoms with Crippen LogP contribution in [0.15, 0.2) is 60.7 Å². The lowest BCUT2D eigenvalue weighted by Crippen LogP contribution is -2.31. The van der Waals surface area contributed by atoms with E-state index in [9.17, 15) is 8.42 Å². The second-order valence-corrected chi connectivity index (χ2v) is 6.36. The molecule has 1 aromatic carbocycles. The molecule has 0 aliphatic heterocycles. The number of nitrogens with zero attached hydrogens (tertiary/aromatic N) is 2. The zero-order valence-corrected chi connectivity index (χ0v) is 12.4. The zero-order valence-electron chi connectivity index (χ0n) is 11.6. The Morgan fingerprint density at radius 1 is 1.19 bits per heavy atom. The minimum Gasteiger partial charge on any atom is -0.398 e. The minimum atomic E-state index is -3.70. The molecule has 0 atom stereocenters. The Balaban J connectivity index is 2.67. The maximum Gasteiger partial charge on any atom is 0.245 e. The fraction of sp³-hybridized carbons (Fsp3) is 0.133. The van der Waals surface area contributed by atoms with Gasteiger partial charge in [-0.1, -0.05) is 12.2 Å². The van der Waals surface area contributed by atoms with E-state index >= 15 is 0 Å². The first-order valence-electron chi connectivity index (χ1n) is 6.37. The number of anilines is 1. The quantitative estimate of drug-likeness (QED) is 0.655. The number of pyridine rings is 1. The van der Waals surface area contributed by atoms with Crippen LogP contribution in [0.25, 0.3) is 10.9 Å². The molecule has 2 aromatic rings. The Bertz CT molecular complexity index is 775. The van der Waals surface area contributed by atoms with Crippen LogP contribution in [-0.4, -0.2) is 30.8 Å². The molecule has 21 heavy (non-hydrogen) atoms. The van der Waals surface area contributed by atoms with Gasteiger partial charge in [-0.2, -0.15) is 4.31 Å². The number of hydrogen-bond donors (Lipinski definition) is 1. The Morgan fingerprint density at radius 3 is 2.48 bits per heavy atom. The predicted molar refractivity (Wildman–Crippen MR) is 85.3 cm³/mol. The van der Waals surface area contributed by atoms with Crippen molar-refractivity contribution in [3.05, 3.63) is 55.8 Å². The molecule has 1 aromatic heterocycles. The van der Waals surface area contributed by atoms with Gasteiger partial charge in [0.25, 0.3) is 0 Å². The summed E-state index contributed by atoms with van der Waals surface area (Å²) in [4.78, 5) is 4.31. The fourth-order valence-electron chi connectivity index (χ4n) is 2.07. The van der Waals surface area contributed by atoms with Crippen LogP contribution in [0.1, 0.15) is 0 Å². The third-order valence-corrected chi connectivity index (χ3v) is 4.91. The Hall–Kier alpha value is -2.18. The largest absolute Gasteiger partial charge is 0.398 e. The second-order valence-electron chi connectivity index (χ2n) is 4.45. The van der Waals surface area contributed by atoms with Gasteiger partial charge in [0.1, 0.15) is 4.90 Å². The van der Waals surface area contributed by atoms with Crippen molar-refractivity contribution in [2.45, 2.75) is 4.90 Å². The van der Waals surface area contributed by atoms with Crippen molar-refractivity contribution in [3.8, 4) is 0 Å². The summed E-state index contributed by atoms with van der Waals surface area (Å²) in [5.41, 5.74) is 6.75. The van der Waals surface area contributed by atoms with Crippen LogP contribution < -0.4 is 5.73 Å². The highest BCUT2D eigenvalue weighted by Gasteiger charge is 2.25. The lowest BCUT2D eigenvalue weighted by Gasteiger charge is -2.20. The summed E-state index contributed by atoms with van der Waals surface area (Å²) in [6.45, 7) is 7.58. The van der Waals surface area contributed by atoms with Gasteiger partial charge in [0, 0.05) is 30.4 Å². The summed E-state index contributed by atoms with van der Waals surface area (Å²) < 4.78 is 26.9. The van der Waals surface area contributed by atoms with Crippen molar-refractivity contribution < 1.29 is 8.42 Å². The molecule has 0 fully saturated rings. The molecular weight excluding hydrogens is 286 g/mol. The van der Waals surface area contributed by atoms with Crippen LogP contribution in [0.5, 0.6) is 0 Å². The van der Waals surface area contributed by atoms with Gasteiger partial charge in [-0.05, 0) is 24.3 Å². The first-order valence-corrected chi connectivity index (χ1v) is 7.81. The molecule has 5 nitrogen and oxygen atoms in total. The smallest absolute Gasteiger partial charge is 0.245 e. The lowest BCUT2D eigenvalue weighted by atomic mass is 10.2. The van der Waals surface area contributed by atoms with Crippen LogP contribution >= 0.6 is 0 Å². The van der Waals surface area contributed by atoms with E-state index in [1.54, 1.807) is 24.4 Å². The van der Waals surface area contributed by atoms with E-state index in [1.807, 2.05) is 0 Å². The van der Waals surface area contributed by atoms with Gasteiger partial charge in [0.15, 0.2) is 0 Å². The number of nitrogens with two attached hydrogens (primary N) is 1. The molecule has 2 N–H and O–H groups in total. The third kappa shape index (κ3) is 2.81. The van der Waals surface area contributed by atoms with Crippen molar-refractivity contribution in [2.24, 2.45) is 0 Å².